The minimum Gasteiger partial charge on any atom is -0.497 e. The summed E-state index contributed by atoms with van der Waals surface area (Å²) in [7, 11) is -1.61. The minimum absolute atomic E-state index is 0.121. The fourth-order valence-electron chi connectivity index (χ4n) is 4.40. The smallest absolute Gasteiger partial charge is 0.298 e. The second-order valence-corrected chi connectivity index (χ2v) is 12.0. The van der Waals surface area contributed by atoms with Crippen LogP contribution in [0.25, 0.3) is 0 Å². The maximum atomic E-state index is 15.0. The van der Waals surface area contributed by atoms with E-state index in [0.29, 0.717) is 22.6 Å². The van der Waals surface area contributed by atoms with Gasteiger partial charge in [0, 0.05) is 27.0 Å². The molecule has 0 saturated heterocycles. The van der Waals surface area contributed by atoms with Gasteiger partial charge >= 0.3 is 0 Å². The number of halogens is 2. The van der Waals surface area contributed by atoms with Gasteiger partial charge in [-0.15, -0.1) is 0 Å². The number of alkyl halides is 2. The van der Waals surface area contributed by atoms with Crippen molar-refractivity contribution in [2.75, 3.05) is 7.11 Å². The van der Waals surface area contributed by atoms with Gasteiger partial charge in [0.05, 0.1) is 7.11 Å². The first-order valence-corrected chi connectivity index (χ1v) is 14.2. The summed E-state index contributed by atoms with van der Waals surface area (Å²) in [5.74, 6) is -1.72. The summed E-state index contributed by atoms with van der Waals surface area (Å²) in [6.07, 6.45) is 0. The molecular weight excluding hydrogens is 513 g/mol. The molecular formula is C33H27F2O3P. The second kappa shape index (κ2) is 10.9. The lowest BCUT2D eigenvalue weighted by atomic mass is 10.0. The molecule has 0 N–H and O–H groups in total. The molecule has 0 heterocycles. The lowest BCUT2D eigenvalue weighted by Crippen LogP contribution is -2.24. The largest absolute Gasteiger partial charge is 0.497 e. The lowest BCUT2D eigenvalue weighted by molar-refractivity contribution is 0.0428. The van der Waals surface area contributed by atoms with Crippen LogP contribution in [0.1, 0.15) is 16.7 Å². The van der Waals surface area contributed by atoms with E-state index in [2.05, 4.69) is 0 Å². The maximum absolute atomic E-state index is 15.0. The van der Waals surface area contributed by atoms with Crippen LogP contribution < -0.4 is 25.4 Å². The summed E-state index contributed by atoms with van der Waals surface area (Å²) < 4.78 is 55.6. The number of aryl methyl sites for hydroxylation is 1. The van der Waals surface area contributed by atoms with E-state index in [1.54, 1.807) is 24.3 Å². The lowest BCUT2D eigenvalue weighted by Gasteiger charge is -2.20. The monoisotopic (exact) mass is 540 g/mol. The van der Waals surface area contributed by atoms with E-state index in [0.717, 1.165) is 16.2 Å². The molecule has 5 rings (SSSR count). The first-order chi connectivity index (χ1) is 18.8. The van der Waals surface area contributed by atoms with Crippen LogP contribution >= 0.6 is 7.14 Å². The van der Waals surface area contributed by atoms with E-state index in [-0.39, 0.29) is 11.1 Å². The molecule has 0 aliphatic rings. The molecule has 196 valence electrons. The highest BCUT2D eigenvalue weighted by Gasteiger charge is 2.34. The Morgan fingerprint density at radius 2 is 0.974 bits per heavy atom. The molecule has 0 aromatic heterocycles. The number of ether oxygens (including phenoxy) is 2. The average Bonchev–Trinajstić information content (AvgIpc) is 2.98. The van der Waals surface area contributed by atoms with Crippen LogP contribution in [0.3, 0.4) is 0 Å². The molecule has 1 atom stereocenters. The van der Waals surface area contributed by atoms with Crippen LogP contribution in [0.15, 0.2) is 127 Å². The standard InChI is InChI=1S/C33H27F2O3P/c1-24-8-20-31(21-9-24)39(36,30-6-4-3-5-7-30)32-22-18-29(19-23-32)38-28-16-12-26(13-17-28)33(34,35)25-10-14-27(37-2)15-11-25/h3-23H,1-2H3. The zero-order chi connectivity index (χ0) is 27.5. The summed E-state index contributed by atoms with van der Waals surface area (Å²) in [6.45, 7) is 2.00. The van der Waals surface area contributed by atoms with E-state index < -0.39 is 13.1 Å². The Kier molecular flexibility index (Phi) is 7.36. The molecule has 0 bridgehead atoms. The SMILES string of the molecule is COc1ccc(C(F)(F)c2ccc(Oc3ccc(P(=O)(c4ccccc4)c4ccc(C)cc4)cc3)cc2)cc1. The average molecular weight is 541 g/mol. The third-order valence-corrected chi connectivity index (χ3v) is 9.70. The minimum atomic E-state index is -3.17. The van der Waals surface area contributed by atoms with Gasteiger partial charge in [0.25, 0.3) is 5.92 Å². The number of hydrogen-bond donors (Lipinski definition) is 0. The van der Waals surface area contributed by atoms with Gasteiger partial charge in [-0.3, -0.25) is 0 Å². The van der Waals surface area contributed by atoms with Crippen molar-refractivity contribution in [1.29, 1.82) is 0 Å². The van der Waals surface area contributed by atoms with Crippen LogP contribution in [0.5, 0.6) is 17.2 Å². The van der Waals surface area contributed by atoms with Crippen molar-refractivity contribution in [1.82, 2.24) is 0 Å². The van der Waals surface area contributed by atoms with Crippen LogP contribution in [-0.4, -0.2) is 7.11 Å². The van der Waals surface area contributed by atoms with Crippen molar-refractivity contribution in [2.45, 2.75) is 12.8 Å². The molecule has 0 spiro atoms. The molecule has 0 fully saturated rings. The van der Waals surface area contributed by atoms with Crippen LogP contribution in [0.4, 0.5) is 8.78 Å². The predicted octanol–water partition coefficient (Wildman–Crippen LogP) is 7.58. The van der Waals surface area contributed by atoms with E-state index in [4.69, 9.17) is 9.47 Å². The van der Waals surface area contributed by atoms with Gasteiger partial charge in [-0.05, 0) is 79.7 Å². The summed E-state index contributed by atoms with van der Waals surface area (Å²) in [5, 5.41) is 2.18. The number of methoxy groups -OCH3 is 1. The molecule has 0 aliphatic carbocycles. The highest BCUT2D eigenvalue weighted by Crippen LogP contribution is 2.43. The van der Waals surface area contributed by atoms with Gasteiger partial charge in [0.1, 0.15) is 17.2 Å². The second-order valence-electron chi connectivity index (χ2n) is 9.20. The Morgan fingerprint density at radius 1 is 0.564 bits per heavy atom. The van der Waals surface area contributed by atoms with Crippen molar-refractivity contribution in [3.63, 3.8) is 0 Å². The summed E-state index contributed by atoms with van der Waals surface area (Å²) in [5.41, 5.74) is 0.830. The predicted molar refractivity (Wildman–Crippen MR) is 153 cm³/mol. The molecule has 0 radical (unpaired) electrons. The van der Waals surface area contributed by atoms with Gasteiger partial charge in [-0.2, -0.15) is 8.78 Å². The van der Waals surface area contributed by atoms with Crippen LogP contribution in [0.2, 0.25) is 0 Å². The molecule has 0 saturated carbocycles. The number of benzene rings is 5. The van der Waals surface area contributed by atoms with Gasteiger partial charge in [0.15, 0.2) is 7.14 Å². The Labute approximate surface area is 227 Å². The fraction of sp³-hybridized carbons (Fsp3) is 0.0909. The number of hydrogen-bond acceptors (Lipinski definition) is 3. The molecule has 39 heavy (non-hydrogen) atoms. The molecule has 5 aromatic rings. The molecule has 0 amide bonds. The van der Waals surface area contributed by atoms with Gasteiger partial charge < -0.3 is 14.0 Å². The molecule has 1 unspecified atom stereocenters. The Balaban J connectivity index is 1.38. The first-order valence-electron chi connectivity index (χ1n) is 12.4. The third-order valence-electron chi connectivity index (χ3n) is 6.62. The van der Waals surface area contributed by atoms with Crippen LogP contribution in [0, 0.1) is 6.92 Å². The Morgan fingerprint density at radius 3 is 1.46 bits per heavy atom. The first kappa shape index (κ1) is 26.4. The topological polar surface area (TPSA) is 35.5 Å². The van der Waals surface area contributed by atoms with E-state index in [1.165, 1.54) is 55.6 Å². The van der Waals surface area contributed by atoms with Crippen LogP contribution in [-0.2, 0) is 10.5 Å². The normalized spacial score (nSPS) is 12.9. The van der Waals surface area contributed by atoms with Gasteiger partial charge in [0.2, 0.25) is 0 Å². The highest BCUT2D eigenvalue weighted by molar-refractivity contribution is 7.85. The van der Waals surface area contributed by atoms with Crippen molar-refractivity contribution in [3.8, 4) is 17.2 Å². The number of rotatable bonds is 8. The Hall–Kier alpha value is -4.21. The van der Waals surface area contributed by atoms with Crippen molar-refractivity contribution < 1.29 is 22.8 Å². The fourth-order valence-corrected chi connectivity index (χ4v) is 7.02. The molecule has 5 aromatic carbocycles. The molecule has 3 nitrogen and oxygen atoms in total. The van der Waals surface area contributed by atoms with Gasteiger partial charge in [-0.25, -0.2) is 0 Å². The maximum Gasteiger partial charge on any atom is 0.298 e. The summed E-state index contributed by atoms with van der Waals surface area (Å²) >= 11 is 0. The summed E-state index contributed by atoms with van der Waals surface area (Å²) in [4.78, 5) is 0. The quantitative estimate of drug-likeness (QED) is 0.190. The molecule has 6 heteroatoms. The zero-order valence-electron chi connectivity index (χ0n) is 21.6. The van der Waals surface area contributed by atoms with Crippen molar-refractivity contribution in [3.05, 3.63) is 144 Å². The third kappa shape index (κ3) is 5.36. The van der Waals surface area contributed by atoms with Crippen molar-refractivity contribution in [2.24, 2.45) is 0 Å². The van der Waals surface area contributed by atoms with E-state index in [1.807, 2.05) is 61.5 Å². The van der Waals surface area contributed by atoms with E-state index >= 15 is 8.78 Å². The zero-order valence-corrected chi connectivity index (χ0v) is 22.4. The highest BCUT2D eigenvalue weighted by atomic mass is 31.2. The molecule has 0 aliphatic heterocycles. The van der Waals surface area contributed by atoms with Gasteiger partial charge in [-0.1, -0.05) is 60.2 Å². The van der Waals surface area contributed by atoms with E-state index in [9.17, 15) is 4.57 Å². The Bertz CT molecular complexity index is 1580. The summed E-state index contributed by atoms with van der Waals surface area (Å²) in [6, 6.07) is 35.8. The van der Waals surface area contributed by atoms with Crippen molar-refractivity contribution >= 4 is 23.1 Å².